The Morgan fingerprint density at radius 1 is 0.483 bits per heavy atom. The summed E-state index contributed by atoms with van der Waals surface area (Å²) >= 11 is 0. The Morgan fingerprint density at radius 3 is 2.07 bits per heavy atom. The minimum atomic E-state index is -0.230. The molecule has 0 N–H and O–H groups in total. The van der Waals surface area contributed by atoms with Crippen LogP contribution in [0.4, 0.5) is 28.4 Å². The van der Waals surface area contributed by atoms with Gasteiger partial charge in [-0.1, -0.05) is 155 Å². The van der Waals surface area contributed by atoms with Crippen molar-refractivity contribution < 1.29 is 4.42 Å². The van der Waals surface area contributed by atoms with E-state index in [0.29, 0.717) is 0 Å². The highest BCUT2D eigenvalue weighted by molar-refractivity contribution is 6.94. The minimum Gasteiger partial charge on any atom is -0.454 e. The fraction of sp³-hybridized carbons (Fsp3) is 0.111. The highest BCUT2D eigenvalue weighted by Gasteiger charge is 2.52. The molecular formula is C54H39BN2O. The smallest absolute Gasteiger partial charge is 0.333 e. The van der Waals surface area contributed by atoms with Gasteiger partial charge in [0, 0.05) is 44.2 Å². The highest BCUT2D eigenvalue weighted by Crippen LogP contribution is 2.60. The third-order valence-corrected chi connectivity index (χ3v) is 14.0. The van der Waals surface area contributed by atoms with Gasteiger partial charge in [-0.05, 0) is 97.4 Å². The maximum Gasteiger partial charge on any atom is 0.333 e. The molecule has 1 aliphatic carbocycles. The molecule has 4 heterocycles. The fourth-order valence-corrected chi connectivity index (χ4v) is 11.4. The Bertz CT molecular complexity index is 3260. The molecule has 58 heavy (non-hydrogen) atoms. The Hall–Kier alpha value is -6.78. The van der Waals surface area contributed by atoms with Gasteiger partial charge in [-0.15, -0.1) is 0 Å². The molecule has 0 unspecified atom stereocenters. The van der Waals surface area contributed by atoms with Crippen molar-refractivity contribution in [1.29, 1.82) is 0 Å². The van der Waals surface area contributed by atoms with Gasteiger partial charge < -0.3 is 14.1 Å². The van der Waals surface area contributed by atoms with Crippen molar-refractivity contribution in [3.8, 4) is 33.4 Å². The first-order valence-electron chi connectivity index (χ1n) is 20.6. The number of furan rings is 1. The standard InChI is InChI=1S/C54H39BN2O/c1-53(2)40-22-11-12-25-44(40)56-46-31-37-34-18-8-10-21-39(34)54(3,4)49(37)48-38-30-33(32-16-6-5-7-17-32)28-29-43(38)57(55(50(46)48)42-24-15-23-41(53)51(42)56)45-26-14-20-36-35-19-9-13-27-47(35)58-52(36)45/h5-31H,1-4H3. The van der Waals surface area contributed by atoms with Crippen molar-refractivity contribution in [3.05, 3.63) is 186 Å². The van der Waals surface area contributed by atoms with Crippen LogP contribution < -0.4 is 20.6 Å². The molecule has 3 nitrogen and oxygen atoms in total. The van der Waals surface area contributed by atoms with Crippen LogP contribution in [-0.2, 0) is 10.8 Å². The molecule has 8 aromatic carbocycles. The van der Waals surface area contributed by atoms with Crippen LogP contribution in [0.1, 0.15) is 49.9 Å². The molecule has 4 aliphatic rings. The lowest BCUT2D eigenvalue weighted by molar-refractivity contribution is 0.632. The second kappa shape index (κ2) is 11.0. The quantitative estimate of drug-likeness (QED) is 0.164. The lowest BCUT2D eigenvalue weighted by Crippen LogP contribution is -2.63. The largest absolute Gasteiger partial charge is 0.454 e. The Balaban J connectivity index is 1.23. The van der Waals surface area contributed by atoms with Crippen molar-refractivity contribution in [2.75, 3.05) is 9.71 Å². The third kappa shape index (κ3) is 3.90. The topological polar surface area (TPSA) is 19.6 Å². The summed E-state index contributed by atoms with van der Waals surface area (Å²) in [6, 6.07) is 61.0. The predicted octanol–water partition coefficient (Wildman–Crippen LogP) is 12.9. The molecule has 0 atom stereocenters. The summed E-state index contributed by atoms with van der Waals surface area (Å²) in [6.07, 6.45) is 0. The van der Waals surface area contributed by atoms with E-state index in [-0.39, 0.29) is 17.7 Å². The molecule has 0 saturated carbocycles. The van der Waals surface area contributed by atoms with E-state index in [1.54, 1.807) is 0 Å². The Kier molecular flexibility index (Phi) is 6.13. The minimum absolute atomic E-state index is 0.129. The molecule has 13 rings (SSSR count). The number of rotatable bonds is 2. The van der Waals surface area contributed by atoms with E-state index in [2.05, 4.69) is 201 Å². The summed E-state index contributed by atoms with van der Waals surface area (Å²) < 4.78 is 6.92. The van der Waals surface area contributed by atoms with Gasteiger partial charge >= 0.3 is 6.85 Å². The molecule has 0 bridgehead atoms. The second-order valence-corrected chi connectivity index (χ2v) is 17.6. The van der Waals surface area contributed by atoms with E-state index in [1.807, 2.05) is 0 Å². The van der Waals surface area contributed by atoms with Crippen molar-refractivity contribution in [3.63, 3.8) is 0 Å². The summed E-state index contributed by atoms with van der Waals surface area (Å²) in [5, 5.41) is 2.27. The maximum atomic E-state index is 6.92. The molecule has 4 heteroatoms. The first-order valence-corrected chi connectivity index (χ1v) is 20.6. The summed E-state index contributed by atoms with van der Waals surface area (Å²) in [4.78, 5) is 5.25. The SMILES string of the molecule is CC1(C)c2ccccc2N2c3cc4c(c5c3B(c3cccc1c32)N(c1cccc2c1oc1ccccc12)c1ccc(-c2ccccc2)cc1-5)C(C)(C)c1ccccc1-4. The molecule has 274 valence electrons. The van der Waals surface area contributed by atoms with Crippen LogP contribution >= 0.6 is 0 Å². The first kappa shape index (κ1) is 32.3. The van der Waals surface area contributed by atoms with Crippen LogP contribution in [0, 0.1) is 0 Å². The molecule has 0 radical (unpaired) electrons. The summed E-state index contributed by atoms with van der Waals surface area (Å²) in [7, 11) is 0. The molecule has 0 amide bonds. The molecule has 3 aliphatic heterocycles. The van der Waals surface area contributed by atoms with Gasteiger partial charge in [0.05, 0.1) is 11.4 Å². The van der Waals surface area contributed by atoms with Crippen LogP contribution in [0.5, 0.6) is 0 Å². The van der Waals surface area contributed by atoms with E-state index < -0.39 is 0 Å². The van der Waals surface area contributed by atoms with Crippen LogP contribution in [0.2, 0.25) is 0 Å². The summed E-state index contributed by atoms with van der Waals surface area (Å²) in [5.41, 5.74) is 23.3. The number of para-hydroxylation sites is 4. The number of benzene rings is 8. The fourth-order valence-electron chi connectivity index (χ4n) is 11.4. The summed E-state index contributed by atoms with van der Waals surface area (Å²) in [5.74, 6) is 0. The Morgan fingerprint density at radius 2 is 1.19 bits per heavy atom. The highest BCUT2D eigenvalue weighted by atomic mass is 16.3. The number of hydrogen-bond acceptors (Lipinski definition) is 3. The van der Waals surface area contributed by atoms with Gasteiger partial charge in [0.1, 0.15) is 5.58 Å². The maximum absolute atomic E-state index is 6.92. The van der Waals surface area contributed by atoms with Gasteiger partial charge in [-0.3, -0.25) is 0 Å². The molecule has 0 spiro atoms. The number of fused-ring (bicyclic) bond motifs is 13. The molecule has 0 fully saturated rings. The van der Waals surface area contributed by atoms with Gasteiger partial charge in [0.2, 0.25) is 0 Å². The number of hydrogen-bond donors (Lipinski definition) is 0. The molecule has 9 aromatic rings. The number of nitrogens with zero attached hydrogens (tertiary/aromatic N) is 2. The van der Waals surface area contributed by atoms with Gasteiger partial charge in [0.15, 0.2) is 5.58 Å². The first-order chi connectivity index (χ1) is 28.3. The third-order valence-electron chi connectivity index (χ3n) is 14.0. The number of anilines is 5. The van der Waals surface area contributed by atoms with Crippen LogP contribution in [0.3, 0.4) is 0 Å². The van der Waals surface area contributed by atoms with Crippen LogP contribution in [0.15, 0.2) is 168 Å². The normalized spacial score (nSPS) is 15.8. The van der Waals surface area contributed by atoms with E-state index in [4.69, 9.17) is 4.42 Å². The van der Waals surface area contributed by atoms with Gasteiger partial charge in [0.25, 0.3) is 0 Å². The van der Waals surface area contributed by atoms with Crippen molar-refractivity contribution >= 4 is 68.1 Å². The summed E-state index contributed by atoms with van der Waals surface area (Å²) in [6.45, 7) is 9.54. The average Bonchev–Trinajstić information content (AvgIpc) is 3.75. The molecule has 1 aromatic heterocycles. The second-order valence-electron chi connectivity index (χ2n) is 17.6. The van der Waals surface area contributed by atoms with Crippen molar-refractivity contribution in [2.45, 2.75) is 38.5 Å². The van der Waals surface area contributed by atoms with Crippen LogP contribution in [0.25, 0.3) is 55.3 Å². The van der Waals surface area contributed by atoms with Gasteiger partial charge in [-0.2, -0.15) is 0 Å². The van der Waals surface area contributed by atoms with E-state index >= 15 is 0 Å². The molecule has 0 saturated heterocycles. The lowest BCUT2D eigenvalue weighted by Gasteiger charge is -2.51. The van der Waals surface area contributed by atoms with E-state index in [1.165, 1.54) is 89.3 Å². The Labute approximate surface area is 338 Å². The zero-order valence-electron chi connectivity index (χ0n) is 33.0. The van der Waals surface area contributed by atoms with E-state index in [9.17, 15) is 0 Å². The monoisotopic (exact) mass is 742 g/mol. The molecular weight excluding hydrogens is 703 g/mol. The average molecular weight is 743 g/mol. The van der Waals surface area contributed by atoms with Crippen molar-refractivity contribution in [1.82, 2.24) is 0 Å². The van der Waals surface area contributed by atoms with Crippen molar-refractivity contribution in [2.24, 2.45) is 0 Å². The lowest BCUT2D eigenvalue weighted by atomic mass is 9.42. The predicted molar refractivity (Wildman–Crippen MR) is 243 cm³/mol. The zero-order valence-corrected chi connectivity index (χ0v) is 33.0. The van der Waals surface area contributed by atoms with Crippen LogP contribution in [-0.4, -0.2) is 6.85 Å². The zero-order chi connectivity index (χ0) is 38.7. The van der Waals surface area contributed by atoms with Gasteiger partial charge in [-0.25, -0.2) is 0 Å². The van der Waals surface area contributed by atoms with E-state index in [0.717, 1.165) is 27.6 Å².